The Labute approximate surface area is 158 Å². The van der Waals surface area contributed by atoms with Gasteiger partial charge in [0.05, 0.1) is 18.5 Å². The molecular formula is C22H24N2O3. The molecule has 0 bridgehead atoms. The number of ether oxygens (including phenoxy) is 1. The summed E-state index contributed by atoms with van der Waals surface area (Å²) in [7, 11) is 1.68. The zero-order chi connectivity index (χ0) is 18.8. The van der Waals surface area contributed by atoms with Crippen LogP contribution in [0.2, 0.25) is 0 Å². The van der Waals surface area contributed by atoms with Gasteiger partial charge in [-0.25, -0.2) is 0 Å². The molecule has 1 aliphatic heterocycles. The minimum atomic E-state index is -0.687. The average molecular weight is 364 g/mol. The number of likely N-dealkylation sites (tertiary alicyclic amines) is 1. The third kappa shape index (κ3) is 3.55. The summed E-state index contributed by atoms with van der Waals surface area (Å²) in [6.07, 6.45) is 1.70. The molecular weight excluding hydrogens is 340 g/mol. The number of nitrogens with zero attached hydrogens (tertiary/aromatic N) is 2. The van der Waals surface area contributed by atoms with Crippen molar-refractivity contribution < 1.29 is 14.6 Å². The van der Waals surface area contributed by atoms with Crippen molar-refractivity contribution in [1.29, 1.82) is 0 Å². The number of rotatable bonds is 5. The fourth-order valence-corrected chi connectivity index (χ4v) is 4.01. The molecule has 2 heterocycles. The van der Waals surface area contributed by atoms with Gasteiger partial charge in [0.2, 0.25) is 0 Å². The molecule has 2 aromatic carbocycles. The SMILES string of the molecule is COc1ccc2c(c1)cc(CN1CCCC(C(=O)O)C1)n2-c1ccccc1. The number of aliphatic carboxylic acids is 1. The number of carboxylic acid groups (broad SMARTS) is 1. The number of benzene rings is 2. The second-order valence-corrected chi connectivity index (χ2v) is 7.14. The van der Waals surface area contributed by atoms with Crippen molar-refractivity contribution in [2.24, 2.45) is 5.92 Å². The van der Waals surface area contributed by atoms with Crippen molar-refractivity contribution in [3.8, 4) is 11.4 Å². The number of carboxylic acids is 1. The quantitative estimate of drug-likeness (QED) is 0.745. The molecule has 5 heteroatoms. The van der Waals surface area contributed by atoms with Crippen LogP contribution in [0.4, 0.5) is 0 Å². The molecule has 3 aromatic rings. The van der Waals surface area contributed by atoms with E-state index in [-0.39, 0.29) is 5.92 Å². The molecule has 4 rings (SSSR count). The molecule has 1 atom stereocenters. The zero-order valence-corrected chi connectivity index (χ0v) is 15.5. The second-order valence-electron chi connectivity index (χ2n) is 7.14. The topological polar surface area (TPSA) is 54.7 Å². The highest BCUT2D eigenvalue weighted by Crippen LogP contribution is 2.29. The van der Waals surface area contributed by atoms with Gasteiger partial charge in [-0.3, -0.25) is 9.69 Å². The van der Waals surface area contributed by atoms with Gasteiger partial charge >= 0.3 is 5.97 Å². The minimum absolute atomic E-state index is 0.270. The summed E-state index contributed by atoms with van der Waals surface area (Å²) in [5, 5.41) is 10.5. The number of hydrogen-bond acceptors (Lipinski definition) is 3. The van der Waals surface area contributed by atoms with Gasteiger partial charge < -0.3 is 14.4 Å². The second kappa shape index (κ2) is 7.45. The van der Waals surface area contributed by atoms with Gasteiger partial charge in [0, 0.05) is 29.9 Å². The summed E-state index contributed by atoms with van der Waals surface area (Å²) < 4.78 is 7.65. The van der Waals surface area contributed by atoms with E-state index in [0.29, 0.717) is 6.54 Å². The molecule has 0 spiro atoms. The fraction of sp³-hybridized carbons (Fsp3) is 0.318. The van der Waals surface area contributed by atoms with Crippen LogP contribution in [0.25, 0.3) is 16.6 Å². The van der Waals surface area contributed by atoms with Crippen LogP contribution in [0.5, 0.6) is 5.75 Å². The lowest BCUT2D eigenvalue weighted by Crippen LogP contribution is -2.38. The van der Waals surface area contributed by atoms with E-state index in [1.54, 1.807) is 7.11 Å². The number of para-hydroxylation sites is 1. The van der Waals surface area contributed by atoms with Crippen LogP contribution in [0.15, 0.2) is 54.6 Å². The standard InChI is InChI=1S/C22H24N2O3/c1-27-20-9-10-21-17(13-20)12-19(24(21)18-7-3-2-4-8-18)15-23-11-5-6-16(14-23)22(25)26/h2-4,7-10,12-13,16H,5-6,11,14-15H2,1H3,(H,25,26). The van der Waals surface area contributed by atoms with Gasteiger partial charge in [-0.15, -0.1) is 0 Å². The lowest BCUT2D eigenvalue weighted by molar-refractivity contribution is -0.143. The highest BCUT2D eigenvalue weighted by Gasteiger charge is 2.26. The van der Waals surface area contributed by atoms with Crippen LogP contribution in [-0.2, 0) is 11.3 Å². The fourth-order valence-electron chi connectivity index (χ4n) is 4.01. The van der Waals surface area contributed by atoms with Gasteiger partial charge in [-0.2, -0.15) is 0 Å². The van der Waals surface area contributed by atoms with Gasteiger partial charge in [0.25, 0.3) is 0 Å². The van der Waals surface area contributed by atoms with Gasteiger partial charge in [-0.1, -0.05) is 18.2 Å². The van der Waals surface area contributed by atoms with E-state index in [2.05, 4.69) is 39.8 Å². The average Bonchev–Trinajstić information content (AvgIpc) is 3.05. The number of carbonyl (C=O) groups is 1. The van der Waals surface area contributed by atoms with Crippen molar-refractivity contribution in [3.05, 3.63) is 60.3 Å². The van der Waals surface area contributed by atoms with Crippen LogP contribution in [0.3, 0.4) is 0 Å². The molecule has 1 aromatic heterocycles. The molecule has 0 saturated carbocycles. The van der Waals surface area contributed by atoms with Crippen molar-refractivity contribution in [2.45, 2.75) is 19.4 Å². The third-order valence-corrected chi connectivity index (χ3v) is 5.34. The number of fused-ring (bicyclic) bond motifs is 1. The maximum Gasteiger partial charge on any atom is 0.307 e. The monoisotopic (exact) mass is 364 g/mol. The van der Waals surface area contributed by atoms with E-state index in [0.717, 1.165) is 54.0 Å². The zero-order valence-electron chi connectivity index (χ0n) is 15.5. The van der Waals surface area contributed by atoms with Gasteiger partial charge in [0.1, 0.15) is 5.75 Å². The Kier molecular flexibility index (Phi) is 4.86. The molecule has 0 amide bonds. The molecule has 0 aliphatic carbocycles. The lowest BCUT2D eigenvalue weighted by Gasteiger charge is -2.30. The summed E-state index contributed by atoms with van der Waals surface area (Å²) in [5.41, 5.74) is 3.40. The Morgan fingerprint density at radius 3 is 2.74 bits per heavy atom. The highest BCUT2D eigenvalue weighted by atomic mass is 16.5. The Bertz CT molecular complexity index is 949. The number of piperidine rings is 1. The third-order valence-electron chi connectivity index (χ3n) is 5.34. The molecule has 27 heavy (non-hydrogen) atoms. The Morgan fingerprint density at radius 1 is 1.19 bits per heavy atom. The smallest absolute Gasteiger partial charge is 0.307 e. The Balaban J connectivity index is 1.73. The maximum absolute atomic E-state index is 11.4. The first-order valence-electron chi connectivity index (χ1n) is 9.34. The highest BCUT2D eigenvalue weighted by molar-refractivity contribution is 5.84. The lowest BCUT2D eigenvalue weighted by atomic mass is 9.98. The van der Waals surface area contributed by atoms with Crippen LogP contribution in [0, 0.1) is 5.92 Å². The van der Waals surface area contributed by atoms with Gasteiger partial charge in [0.15, 0.2) is 0 Å². The van der Waals surface area contributed by atoms with Crippen LogP contribution < -0.4 is 4.74 Å². The van der Waals surface area contributed by atoms with E-state index in [1.807, 2.05) is 24.3 Å². The molecule has 1 fully saturated rings. The molecule has 1 N–H and O–H groups in total. The predicted molar refractivity (Wildman–Crippen MR) is 105 cm³/mol. The van der Waals surface area contributed by atoms with Gasteiger partial charge in [-0.05, 0) is 55.8 Å². The van der Waals surface area contributed by atoms with E-state index >= 15 is 0 Å². The summed E-state index contributed by atoms with van der Waals surface area (Å²) in [6, 6.07) is 18.6. The summed E-state index contributed by atoms with van der Waals surface area (Å²) >= 11 is 0. The first-order valence-corrected chi connectivity index (χ1v) is 9.34. The van der Waals surface area contributed by atoms with Crippen LogP contribution >= 0.6 is 0 Å². The molecule has 140 valence electrons. The maximum atomic E-state index is 11.4. The Hall–Kier alpha value is -2.79. The summed E-state index contributed by atoms with van der Waals surface area (Å²) in [4.78, 5) is 13.7. The molecule has 0 radical (unpaired) electrons. The minimum Gasteiger partial charge on any atom is -0.497 e. The van der Waals surface area contributed by atoms with Crippen molar-refractivity contribution in [3.63, 3.8) is 0 Å². The first-order chi connectivity index (χ1) is 13.2. The van der Waals surface area contributed by atoms with E-state index < -0.39 is 5.97 Å². The van der Waals surface area contributed by atoms with Crippen molar-refractivity contribution in [2.75, 3.05) is 20.2 Å². The number of methoxy groups -OCH3 is 1. The van der Waals surface area contributed by atoms with Crippen molar-refractivity contribution in [1.82, 2.24) is 9.47 Å². The Morgan fingerprint density at radius 2 is 2.00 bits per heavy atom. The molecule has 1 saturated heterocycles. The number of aromatic nitrogens is 1. The van der Waals surface area contributed by atoms with Crippen LogP contribution in [0.1, 0.15) is 18.5 Å². The summed E-state index contributed by atoms with van der Waals surface area (Å²) in [6.45, 7) is 2.27. The largest absolute Gasteiger partial charge is 0.497 e. The van der Waals surface area contributed by atoms with E-state index in [9.17, 15) is 9.90 Å². The predicted octanol–water partition coefficient (Wildman–Crippen LogP) is 3.94. The first kappa shape index (κ1) is 17.6. The molecule has 1 unspecified atom stereocenters. The van der Waals surface area contributed by atoms with Crippen molar-refractivity contribution >= 4 is 16.9 Å². The normalized spacial score (nSPS) is 17.9. The summed E-state index contributed by atoms with van der Waals surface area (Å²) in [5.74, 6) is -0.121. The van der Waals surface area contributed by atoms with E-state index in [1.165, 1.54) is 0 Å². The molecule has 1 aliphatic rings. The number of hydrogen-bond donors (Lipinski definition) is 1. The molecule has 5 nitrogen and oxygen atoms in total. The van der Waals surface area contributed by atoms with Crippen LogP contribution in [-0.4, -0.2) is 40.7 Å². The van der Waals surface area contributed by atoms with E-state index in [4.69, 9.17) is 4.74 Å².